The molecule has 0 aliphatic carbocycles. The molecular formula is C25H27N3O5S. The van der Waals surface area contributed by atoms with Crippen LogP contribution >= 0.6 is 0 Å². The first kappa shape index (κ1) is 24.8. The fourth-order valence-electron chi connectivity index (χ4n) is 3.27. The zero-order valence-electron chi connectivity index (χ0n) is 19.5. The third-order valence-electron chi connectivity index (χ3n) is 5.20. The van der Waals surface area contributed by atoms with Gasteiger partial charge in [0.2, 0.25) is 10.0 Å². The Hall–Kier alpha value is -3.85. The van der Waals surface area contributed by atoms with E-state index in [1.807, 2.05) is 31.2 Å². The van der Waals surface area contributed by atoms with Crippen molar-refractivity contribution in [3.8, 4) is 11.5 Å². The molecule has 1 N–H and O–H groups in total. The van der Waals surface area contributed by atoms with Gasteiger partial charge in [-0.2, -0.15) is 5.10 Å². The molecule has 178 valence electrons. The first-order valence-corrected chi connectivity index (χ1v) is 12.3. The predicted molar refractivity (Wildman–Crippen MR) is 133 cm³/mol. The number of nitrogens with one attached hydrogen (secondary N) is 1. The quantitative estimate of drug-likeness (QED) is 0.371. The summed E-state index contributed by atoms with van der Waals surface area (Å²) in [5.74, 6) is 0.764. The Kier molecular flexibility index (Phi) is 7.91. The number of rotatable bonds is 9. The Morgan fingerprint density at radius 3 is 2.35 bits per heavy atom. The molecule has 0 fully saturated rings. The molecule has 0 spiro atoms. The molecule has 0 aromatic heterocycles. The van der Waals surface area contributed by atoms with Crippen molar-refractivity contribution in [2.75, 3.05) is 24.8 Å². The summed E-state index contributed by atoms with van der Waals surface area (Å²) >= 11 is 0. The van der Waals surface area contributed by atoms with E-state index in [4.69, 9.17) is 9.47 Å². The van der Waals surface area contributed by atoms with Crippen LogP contribution in [0.5, 0.6) is 11.5 Å². The number of carbonyl (C=O) groups excluding carboxylic acids is 1. The first-order chi connectivity index (χ1) is 16.2. The van der Waals surface area contributed by atoms with Crippen LogP contribution in [-0.2, 0) is 16.6 Å². The van der Waals surface area contributed by atoms with Gasteiger partial charge in [-0.15, -0.1) is 0 Å². The summed E-state index contributed by atoms with van der Waals surface area (Å²) in [4.78, 5) is 12.5. The highest BCUT2D eigenvalue weighted by Crippen LogP contribution is 2.24. The van der Waals surface area contributed by atoms with Crippen LogP contribution in [0, 0.1) is 6.92 Å². The minimum atomic E-state index is -3.53. The molecule has 0 saturated heterocycles. The summed E-state index contributed by atoms with van der Waals surface area (Å²) in [6.45, 7) is 2.14. The number of hydrogen-bond donors (Lipinski definition) is 1. The summed E-state index contributed by atoms with van der Waals surface area (Å²) in [6, 6.07) is 19.2. The Morgan fingerprint density at radius 2 is 1.74 bits per heavy atom. The monoisotopic (exact) mass is 481 g/mol. The van der Waals surface area contributed by atoms with Crippen LogP contribution in [0.25, 0.3) is 0 Å². The lowest BCUT2D eigenvalue weighted by Gasteiger charge is -2.23. The molecule has 34 heavy (non-hydrogen) atoms. The summed E-state index contributed by atoms with van der Waals surface area (Å²) in [7, 11) is -0.440. The molecule has 8 nitrogen and oxygen atoms in total. The third-order valence-corrected chi connectivity index (χ3v) is 6.34. The molecule has 0 atom stereocenters. The minimum absolute atomic E-state index is 0.199. The summed E-state index contributed by atoms with van der Waals surface area (Å²) in [6.07, 6.45) is 2.63. The number of aryl methyl sites for hydroxylation is 1. The maximum absolute atomic E-state index is 12.5. The Balaban J connectivity index is 1.73. The third kappa shape index (κ3) is 6.14. The number of ether oxygens (including phenoxy) is 2. The fourth-order valence-corrected chi connectivity index (χ4v) is 4.15. The zero-order valence-corrected chi connectivity index (χ0v) is 20.3. The number of hydrazone groups is 1. The number of methoxy groups -OCH3 is 2. The van der Waals surface area contributed by atoms with Crippen LogP contribution in [-0.4, -0.2) is 41.0 Å². The maximum atomic E-state index is 12.5. The lowest BCUT2D eigenvalue weighted by Crippen LogP contribution is -2.29. The maximum Gasteiger partial charge on any atom is 0.271 e. The van der Waals surface area contributed by atoms with Gasteiger partial charge in [-0.3, -0.25) is 9.10 Å². The molecule has 0 unspecified atom stereocenters. The number of benzene rings is 3. The van der Waals surface area contributed by atoms with Gasteiger partial charge >= 0.3 is 0 Å². The predicted octanol–water partition coefficient (Wildman–Crippen LogP) is 3.74. The lowest BCUT2D eigenvalue weighted by atomic mass is 10.1. The van der Waals surface area contributed by atoms with E-state index in [1.165, 1.54) is 17.6 Å². The lowest BCUT2D eigenvalue weighted by molar-refractivity contribution is 0.0955. The van der Waals surface area contributed by atoms with Crippen molar-refractivity contribution in [3.05, 3.63) is 89.0 Å². The molecule has 3 aromatic rings. The smallest absolute Gasteiger partial charge is 0.271 e. The van der Waals surface area contributed by atoms with Crippen LogP contribution in [0.3, 0.4) is 0 Å². The summed E-state index contributed by atoms with van der Waals surface area (Å²) < 4.78 is 36.7. The summed E-state index contributed by atoms with van der Waals surface area (Å²) in [5.41, 5.74) is 5.84. The number of sulfonamides is 1. The van der Waals surface area contributed by atoms with Gasteiger partial charge in [0.25, 0.3) is 5.91 Å². The van der Waals surface area contributed by atoms with Crippen molar-refractivity contribution < 1.29 is 22.7 Å². The van der Waals surface area contributed by atoms with E-state index < -0.39 is 15.9 Å². The SMILES string of the molecule is COc1ccc(/C=N\NC(=O)c2ccc(N(Cc3ccccc3C)S(C)(=O)=O)cc2)c(OC)c1. The van der Waals surface area contributed by atoms with E-state index in [2.05, 4.69) is 10.5 Å². The highest BCUT2D eigenvalue weighted by molar-refractivity contribution is 7.92. The second-order valence-electron chi connectivity index (χ2n) is 7.55. The standard InChI is InChI=1S/C25H27N3O5S/c1-18-7-5-6-8-21(18)17-28(34(4,30)31)22-12-9-19(10-13-22)25(29)27-26-16-20-11-14-23(32-2)15-24(20)33-3/h5-16H,17H2,1-4H3,(H,27,29)/b26-16-. The normalized spacial score (nSPS) is 11.3. The Labute approximate surface area is 199 Å². The molecule has 3 rings (SSSR count). The number of anilines is 1. The van der Waals surface area contributed by atoms with Crippen molar-refractivity contribution in [2.45, 2.75) is 13.5 Å². The van der Waals surface area contributed by atoms with E-state index in [0.717, 1.165) is 17.4 Å². The molecule has 3 aromatic carbocycles. The van der Waals surface area contributed by atoms with Gasteiger partial charge in [0.1, 0.15) is 11.5 Å². The zero-order chi connectivity index (χ0) is 24.7. The minimum Gasteiger partial charge on any atom is -0.497 e. The molecule has 1 amide bonds. The Morgan fingerprint density at radius 1 is 1.03 bits per heavy atom. The number of nitrogens with zero attached hydrogens (tertiary/aromatic N) is 2. The van der Waals surface area contributed by atoms with Crippen LogP contribution < -0.4 is 19.2 Å². The number of amides is 1. The van der Waals surface area contributed by atoms with E-state index in [0.29, 0.717) is 28.3 Å². The van der Waals surface area contributed by atoms with Gasteiger partial charge in [-0.1, -0.05) is 24.3 Å². The van der Waals surface area contributed by atoms with Crippen molar-refractivity contribution in [1.82, 2.24) is 5.43 Å². The van der Waals surface area contributed by atoms with Gasteiger partial charge in [0.05, 0.1) is 38.9 Å². The summed E-state index contributed by atoms with van der Waals surface area (Å²) in [5, 5.41) is 3.99. The molecule has 0 bridgehead atoms. The largest absolute Gasteiger partial charge is 0.497 e. The van der Waals surface area contributed by atoms with Crippen molar-refractivity contribution in [3.63, 3.8) is 0 Å². The van der Waals surface area contributed by atoms with Gasteiger partial charge in [0.15, 0.2) is 0 Å². The second-order valence-corrected chi connectivity index (χ2v) is 9.46. The highest BCUT2D eigenvalue weighted by Gasteiger charge is 2.19. The van der Waals surface area contributed by atoms with Gasteiger partial charge < -0.3 is 9.47 Å². The van der Waals surface area contributed by atoms with Crippen molar-refractivity contribution in [2.24, 2.45) is 5.10 Å². The van der Waals surface area contributed by atoms with Gasteiger partial charge in [-0.05, 0) is 54.4 Å². The van der Waals surface area contributed by atoms with Crippen LogP contribution in [0.4, 0.5) is 5.69 Å². The fraction of sp³-hybridized carbons (Fsp3) is 0.200. The second kappa shape index (κ2) is 10.8. The van der Waals surface area contributed by atoms with Crippen LogP contribution in [0.1, 0.15) is 27.0 Å². The van der Waals surface area contributed by atoms with Crippen molar-refractivity contribution >= 4 is 27.8 Å². The van der Waals surface area contributed by atoms with E-state index in [9.17, 15) is 13.2 Å². The average molecular weight is 482 g/mol. The average Bonchev–Trinajstić information content (AvgIpc) is 2.83. The van der Waals surface area contributed by atoms with E-state index in [-0.39, 0.29) is 6.54 Å². The topological polar surface area (TPSA) is 97.3 Å². The van der Waals surface area contributed by atoms with Crippen LogP contribution in [0.15, 0.2) is 71.8 Å². The molecule has 0 radical (unpaired) electrons. The molecular weight excluding hydrogens is 454 g/mol. The molecule has 0 aliphatic heterocycles. The number of carbonyl (C=O) groups is 1. The first-order valence-electron chi connectivity index (χ1n) is 10.4. The molecule has 0 heterocycles. The Bertz CT molecular complexity index is 1290. The van der Waals surface area contributed by atoms with Crippen molar-refractivity contribution in [1.29, 1.82) is 0 Å². The number of hydrogen-bond acceptors (Lipinski definition) is 6. The van der Waals surface area contributed by atoms with Crippen LogP contribution in [0.2, 0.25) is 0 Å². The highest BCUT2D eigenvalue weighted by atomic mass is 32.2. The van der Waals surface area contributed by atoms with E-state index in [1.54, 1.807) is 49.6 Å². The molecule has 0 aliphatic rings. The van der Waals surface area contributed by atoms with Gasteiger partial charge in [0, 0.05) is 17.2 Å². The van der Waals surface area contributed by atoms with Gasteiger partial charge in [-0.25, -0.2) is 13.8 Å². The molecule has 0 saturated carbocycles. The molecule has 9 heteroatoms. The van der Waals surface area contributed by atoms with E-state index >= 15 is 0 Å².